The molecule has 0 amide bonds. The van der Waals surface area contributed by atoms with Crippen LogP contribution in [0.25, 0.3) is 0 Å². The summed E-state index contributed by atoms with van der Waals surface area (Å²) < 4.78 is 4.70. The summed E-state index contributed by atoms with van der Waals surface area (Å²) in [4.78, 5) is 22.4. The number of thioether (sulfide) groups is 1. The second-order valence-corrected chi connectivity index (χ2v) is 5.68. The van der Waals surface area contributed by atoms with E-state index in [4.69, 9.17) is 9.84 Å². The first-order valence-corrected chi connectivity index (χ1v) is 7.83. The van der Waals surface area contributed by atoms with Crippen LogP contribution >= 0.6 is 11.8 Å². The number of aromatic carboxylic acids is 1. The summed E-state index contributed by atoms with van der Waals surface area (Å²) >= 11 is 1.66. The van der Waals surface area contributed by atoms with E-state index < -0.39 is 5.97 Å². The molecule has 0 unspecified atom stereocenters. The highest BCUT2D eigenvalue weighted by Crippen LogP contribution is 2.19. The Labute approximate surface area is 133 Å². The summed E-state index contributed by atoms with van der Waals surface area (Å²) in [5.41, 5.74) is 2.83. The molecule has 0 bridgehead atoms. The van der Waals surface area contributed by atoms with Crippen molar-refractivity contribution in [2.24, 2.45) is 0 Å². The molecular formula is C17H16O4S. The molecule has 2 rings (SSSR count). The summed E-state index contributed by atoms with van der Waals surface area (Å²) in [5, 5.41) is 8.97. The molecule has 2 aromatic rings. The average Bonchev–Trinajstić information content (AvgIpc) is 2.54. The van der Waals surface area contributed by atoms with Crippen LogP contribution in [0.2, 0.25) is 0 Å². The highest BCUT2D eigenvalue weighted by molar-refractivity contribution is 7.97. The van der Waals surface area contributed by atoms with Gasteiger partial charge in [0.15, 0.2) is 0 Å². The van der Waals surface area contributed by atoms with E-state index in [1.54, 1.807) is 36.0 Å². The van der Waals surface area contributed by atoms with Gasteiger partial charge in [0.2, 0.25) is 0 Å². The van der Waals surface area contributed by atoms with Gasteiger partial charge in [-0.3, -0.25) is 0 Å². The van der Waals surface area contributed by atoms with Crippen molar-refractivity contribution in [3.05, 3.63) is 70.8 Å². The molecule has 0 aliphatic rings. The van der Waals surface area contributed by atoms with Gasteiger partial charge in [-0.15, -0.1) is 0 Å². The minimum Gasteiger partial charge on any atom is -0.478 e. The van der Waals surface area contributed by atoms with Crippen LogP contribution in [0.5, 0.6) is 0 Å². The maximum absolute atomic E-state index is 11.5. The largest absolute Gasteiger partial charge is 0.478 e. The fraction of sp³-hybridized carbons (Fsp3) is 0.176. The van der Waals surface area contributed by atoms with Crippen LogP contribution in [0.15, 0.2) is 48.5 Å². The van der Waals surface area contributed by atoms with Gasteiger partial charge in [-0.1, -0.05) is 24.3 Å². The molecule has 0 aliphatic carbocycles. The van der Waals surface area contributed by atoms with Crippen molar-refractivity contribution < 1.29 is 19.4 Å². The molecular weight excluding hydrogens is 300 g/mol. The first kappa shape index (κ1) is 16.1. The SMILES string of the molecule is COC(=O)c1cccc(CSCc2cccc(C(=O)O)c2)c1. The van der Waals surface area contributed by atoms with Crippen molar-refractivity contribution in [3.63, 3.8) is 0 Å². The van der Waals surface area contributed by atoms with Crippen molar-refractivity contribution in [1.29, 1.82) is 0 Å². The van der Waals surface area contributed by atoms with Crippen molar-refractivity contribution in [1.82, 2.24) is 0 Å². The zero-order chi connectivity index (χ0) is 15.9. The van der Waals surface area contributed by atoms with Gasteiger partial charge in [0, 0.05) is 11.5 Å². The molecule has 0 radical (unpaired) electrons. The topological polar surface area (TPSA) is 63.6 Å². The van der Waals surface area contributed by atoms with E-state index in [1.165, 1.54) is 7.11 Å². The predicted octanol–water partition coefficient (Wildman–Crippen LogP) is 3.60. The summed E-state index contributed by atoms with van der Waals surface area (Å²) in [6.07, 6.45) is 0. The third-order valence-electron chi connectivity index (χ3n) is 3.06. The summed E-state index contributed by atoms with van der Waals surface area (Å²) in [7, 11) is 1.36. The highest BCUT2D eigenvalue weighted by Gasteiger charge is 2.06. The van der Waals surface area contributed by atoms with Gasteiger partial charge in [-0.05, 0) is 35.4 Å². The molecule has 0 fully saturated rings. The zero-order valence-electron chi connectivity index (χ0n) is 12.1. The normalized spacial score (nSPS) is 10.2. The Kier molecular flexibility index (Phi) is 5.61. The van der Waals surface area contributed by atoms with Crippen molar-refractivity contribution in [3.8, 4) is 0 Å². The lowest BCUT2D eigenvalue weighted by Crippen LogP contribution is -2.01. The summed E-state index contributed by atoms with van der Waals surface area (Å²) in [6, 6.07) is 14.2. The average molecular weight is 316 g/mol. The number of benzene rings is 2. The molecule has 5 heteroatoms. The maximum Gasteiger partial charge on any atom is 0.337 e. The van der Waals surface area contributed by atoms with Crippen LogP contribution in [0.1, 0.15) is 31.8 Å². The minimum atomic E-state index is -0.919. The molecule has 0 atom stereocenters. The zero-order valence-corrected chi connectivity index (χ0v) is 12.9. The Morgan fingerprint density at radius 2 is 1.55 bits per heavy atom. The number of esters is 1. The number of carboxylic acid groups (broad SMARTS) is 1. The molecule has 0 saturated heterocycles. The molecule has 4 nitrogen and oxygen atoms in total. The van der Waals surface area contributed by atoms with E-state index in [0.717, 1.165) is 16.9 Å². The third-order valence-corrected chi connectivity index (χ3v) is 4.13. The van der Waals surface area contributed by atoms with Gasteiger partial charge in [0.25, 0.3) is 0 Å². The lowest BCUT2D eigenvalue weighted by molar-refractivity contribution is 0.0599. The number of hydrogen-bond acceptors (Lipinski definition) is 4. The maximum atomic E-state index is 11.5. The predicted molar refractivity (Wildman–Crippen MR) is 86.2 cm³/mol. The molecule has 0 aromatic heterocycles. The van der Waals surface area contributed by atoms with Gasteiger partial charge in [0.1, 0.15) is 0 Å². The van der Waals surface area contributed by atoms with Crippen LogP contribution in [0.4, 0.5) is 0 Å². The van der Waals surface area contributed by atoms with Crippen LogP contribution in [-0.4, -0.2) is 24.2 Å². The lowest BCUT2D eigenvalue weighted by atomic mass is 10.1. The van der Waals surface area contributed by atoms with Gasteiger partial charge in [-0.2, -0.15) is 11.8 Å². The van der Waals surface area contributed by atoms with E-state index >= 15 is 0 Å². The lowest BCUT2D eigenvalue weighted by Gasteiger charge is -2.05. The van der Waals surface area contributed by atoms with Gasteiger partial charge >= 0.3 is 11.9 Å². The molecule has 2 aromatic carbocycles. The molecule has 0 spiro atoms. The number of carbonyl (C=O) groups excluding carboxylic acids is 1. The van der Waals surface area contributed by atoms with E-state index in [-0.39, 0.29) is 5.97 Å². The monoisotopic (exact) mass is 316 g/mol. The first-order chi connectivity index (χ1) is 10.6. The Balaban J connectivity index is 1.95. The smallest absolute Gasteiger partial charge is 0.337 e. The Hall–Kier alpha value is -2.27. The van der Waals surface area contributed by atoms with Gasteiger partial charge in [-0.25, -0.2) is 9.59 Å². The molecule has 22 heavy (non-hydrogen) atoms. The minimum absolute atomic E-state index is 0.297. The number of methoxy groups -OCH3 is 1. The first-order valence-electron chi connectivity index (χ1n) is 6.67. The van der Waals surface area contributed by atoms with E-state index in [9.17, 15) is 9.59 Å². The van der Waals surface area contributed by atoms with Crippen LogP contribution in [0, 0.1) is 0 Å². The summed E-state index contributed by atoms with van der Waals surface area (Å²) in [6.45, 7) is 0. The Bertz CT molecular complexity index is 682. The van der Waals surface area contributed by atoms with Crippen molar-refractivity contribution >= 4 is 23.7 Å². The van der Waals surface area contributed by atoms with E-state index in [2.05, 4.69) is 0 Å². The number of rotatable bonds is 6. The molecule has 0 heterocycles. The quantitative estimate of drug-likeness (QED) is 0.825. The summed E-state index contributed by atoms with van der Waals surface area (Å²) in [5.74, 6) is 0.185. The van der Waals surface area contributed by atoms with E-state index in [0.29, 0.717) is 16.9 Å². The number of carbonyl (C=O) groups is 2. The van der Waals surface area contributed by atoms with E-state index in [1.807, 2.05) is 24.3 Å². The molecule has 114 valence electrons. The molecule has 0 saturated carbocycles. The third kappa shape index (κ3) is 4.36. The van der Waals surface area contributed by atoms with Crippen LogP contribution in [-0.2, 0) is 16.2 Å². The second kappa shape index (κ2) is 7.66. The number of carboxylic acids is 1. The Morgan fingerprint density at radius 1 is 1.00 bits per heavy atom. The number of ether oxygens (including phenoxy) is 1. The van der Waals surface area contributed by atoms with Gasteiger partial charge < -0.3 is 9.84 Å². The van der Waals surface area contributed by atoms with Crippen molar-refractivity contribution in [2.75, 3.05) is 7.11 Å². The van der Waals surface area contributed by atoms with Gasteiger partial charge in [0.05, 0.1) is 18.2 Å². The molecule has 0 aliphatic heterocycles. The van der Waals surface area contributed by atoms with Crippen molar-refractivity contribution in [2.45, 2.75) is 11.5 Å². The highest BCUT2D eigenvalue weighted by atomic mass is 32.2. The Morgan fingerprint density at radius 3 is 2.09 bits per heavy atom. The second-order valence-electron chi connectivity index (χ2n) is 4.69. The van der Waals surface area contributed by atoms with Crippen LogP contribution < -0.4 is 0 Å². The fourth-order valence-corrected chi connectivity index (χ4v) is 2.92. The number of hydrogen-bond donors (Lipinski definition) is 1. The standard InChI is InChI=1S/C17H16O4S/c1-21-17(20)15-7-3-5-13(9-15)11-22-10-12-4-2-6-14(8-12)16(18)19/h2-9H,10-11H2,1H3,(H,18,19). The molecule has 1 N–H and O–H groups in total. The fourth-order valence-electron chi connectivity index (χ4n) is 1.99. The van der Waals surface area contributed by atoms with Crippen LogP contribution in [0.3, 0.4) is 0 Å².